The molecule has 8 heteroatoms. The summed E-state index contributed by atoms with van der Waals surface area (Å²) in [5, 5.41) is 6.70. The van der Waals surface area contributed by atoms with E-state index in [2.05, 4.69) is 20.5 Å². The quantitative estimate of drug-likeness (QED) is 0.463. The lowest BCUT2D eigenvalue weighted by atomic mass is 10.1. The van der Waals surface area contributed by atoms with E-state index < -0.39 is 0 Å². The molecule has 7 nitrogen and oxygen atoms in total. The largest absolute Gasteiger partial charge is 0.380 e. The molecule has 1 heterocycles. The van der Waals surface area contributed by atoms with E-state index in [1.807, 2.05) is 6.92 Å². The Balaban J connectivity index is 1.93. The number of aliphatic imine (C=N–C) groups is 1. The second-order valence-electron chi connectivity index (χ2n) is 6.72. The average Bonchev–Trinajstić information content (AvgIpc) is 2.63. The first kappa shape index (κ1) is 21.1. The smallest absolute Gasteiger partial charge is 0.231 e. The van der Waals surface area contributed by atoms with Gasteiger partial charge in [0.2, 0.25) is 5.91 Å². The molecule has 1 saturated heterocycles. The van der Waals surface area contributed by atoms with Crippen molar-refractivity contribution in [3.8, 4) is 0 Å². The van der Waals surface area contributed by atoms with Gasteiger partial charge in [-0.2, -0.15) is 0 Å². The molecule has 0 bridgehead atoms. The minimum atomic E-state index is -0.288. The highest BCUT2D eigenvalue weighted by atomic mass is 19.1. The zero-order valence-electron chi connectivity index (χ0n) is 16.1. The van der Waals surface area contributed by atoms with Gasteiger partial charge in [0.1, 0.15) is 5.82 Å². The predicted molar refractivity (Wildman–Crippen MR) is 104 cm³/mol. The molecule has 150 valence electrons. The fourth-order valence-corrected chi connectivity index (χ4v) is 3.13. The Morgan fingerprint density at radius 2 is 2.15 bits per heavy atom. The summed E-state index contributed by atoms with van der Waals surface area (Å²) in [4.78, 5) is 17.7. The van der Waals surface area contributed by atoms with Gasteiger partial charge < -0.3 is 21.1 Å². The normalized spacial score (nSPS) is 16.3. The lowest BCUT2D eigenvalue weighted by molar-refractivity contribution is -0.119. The number of nitrogens with two attached hydrogens (primary N) is 1. The summed E-state index contributed by atoms with van der Waals surface area (Å²) in [7, 11) is 1.55. The molecule has 1 amide bonds. The molecule has 0 atom stereocenters. The first-order chi connectivity index (χ1) is 13.0. The van der Waals surface area contributed by atoms with Crippen molar-refractivity contribution < 1.29 is 13.9 Å². The number of methoxy groups -OCH3 is 1. The molecular formula is C19H30FN5O2. The van der Waals surface area contributed by atoms with E-state index in [4.69, 9.17) is 10.5 Å². The standard InChI is InChI=1S/C19H30FN5O2/c1-3-22-19(24-16-6-8-25(9-7-16)12-18(21)26)23-11-14-4-5-17(20)15(10-14)13-27-2/h4-5,10,16H,3,6-9,11-13H2,1-2H3,(H2,21,26)(H2,22,23,24). The Bertz CT molecular complexity index is 645. The van der Waals surface area contributed by atoms with Crippen LogP contribution in [-0.2, 0) is 22.7 Å². The number of guanidine groups is 1. The van der Waals surface area contributed by atoms with Crippen molar-refractivity contribution in [1.29, 1.82) is 0 Å². The maximum Gasteiger partial charge on any atom is 0.231 e. The number of nitrogens with one attached hydrogen (secondary N) is 2. The van der Waals surface area contributed by atoms with Gasteiger partial charge in [-0.1, -0.05) is 6.07 Å². The number of halogens is 1. The maximum atomic E-state index is 13.7. The number of benzene rings is 1. The summed E-state index contributed by atoms with van der Waals surface area (Å²) < 4.78 is 18.8. The van der Waals surface area contributed by atoms with Gasteiger partial charge in [-0.3, -0.25) is 9.69 Å². The van der Waals surface area contributed by atoms with Crippen LogP contribution in [0.1, 0.15) is 30.9 Å². The van der Waals surface area contributed by atoms with Crippen molar-refractivity contribution in [2.75, 3.05) is 33.3 Å². The van der Waals surface area contributed by atoms with E-state index in [0.29, 0.717) is 24.7 Å². The second-order valence-corrected chi connectivity index (χ2v) is 6.72. The van der Waals surface area contributed by atoms with Crippen molar-refractivity contribution in [3.63, 3.8) is 0 Å². The first-order valence-electron chi connectivity index (χ1n) is 9.33. The van der Waals surface area contributed by atoms with E-state index in [9.17, 15) is 9.18 Å². The fourth-order valence-electron chi connectivity index (χ4n) is 3.13. The summed E-state index contributed by atoms with van der Waals surface area (Å²) in [5.74, 6) is 0.184. The molecule has 1 aromatic rings. The number of primary amides is 1. The zero-order chi connectivity index (χ0) is 19.6. The Kier molecular flexibility index (Phi) is 8.47. The molecule has 1 aromatic carbocycles. The first-order valence-corrected chi connectivity index (χ1v) is 9.33. The van der Waals surface area contributed by atoms with E-state index in [-0.39, 0.29) is 18.3 Å². The number of amides is 1. The number of piperidine rings is 1. The van der Waals surface area contributed by atoms with Gasteiger partial charge in [-0.25, -0.2) is 9.38 Å². The van der Waals surface area contributed by atoms with E-state index in [0.717, 1.165) is 44.0 Å². The molecule has 0 spiro atoms. The molecule has 0 unspecified atom stereocenters. The second kappa shape index (κ2) is 10.8. The predicted octanol–water partition coefficient (Wildman–Crippen LogP) is 0.977. The minimum absolute atomic E-state index is 0.242. The van der Waals surface area contributed by atoms with Crippen LogP contribution in [0.25, 0.3) is 0 Å². The van der Waals surface area contributed by atoms with Crippen molar-refractivity contribution in [2.45, 2.75) is 39.0 Å². The average molecular weight is 379 g/mol. The van der Waals surface area contributed by atoms with Gasteiger partial charge in [-0.05, 0) is 37.5 Å². The Labute approximate surface area is 160 Å². The number of hydrogen-bond acceptors (Lipinski definition) is 4. The molecule has 0 aromatic heterocycles. The number of nitrogens with zero attached hydrogens (tertiary/aromatic N) is 2. The summed E-state index contributed by atoms with van der Waals surface area (Å²) in [6, 6.07) is 5.27. The Hall–Kier alpha value is -2.19. The highest BCUT2D eigenvalue weighted by Crippen LogP contribution is 2.13. The van der Waals surface area contributed by atoms with Crippen LogP contribution in [0, 0.1) is 5.82 Å². The van der Waals surface area contributed by atoms with Crippen molar-refractivity contribution in [2.24, 2.45) is 10.7 Å². The number of rotatable bonds is 8. The summed E-state index contributed by atoms with van der Waals surface area (Å²) in [6.07, 6.45) is 1.85. The molecular weight excluding hydrogens is 349 g/mol. The maximum absolute atomic E-state index is 13.7. The lowest BCUT2D eigenvalue weighted by Gasteiger charge is -2.32. The van der Waals surface area contributed by atoms with Gasteiger partial charge in [0.25, 0.3) is 0 Å². The summed E-state index contributed by atoms with van der Waals surface area (Å²) in [6.45, 7) is 5.44. The van der Waals surface area contributed by atoms with Crippen molar-refractivity contribution in [1.82, 2.24) is 15.5 Å². The third kappa shape index (κ3) is 7.15. The molecule has 1 aliphatic heterocycles. The highest BCUT2D eigenvalue weighted by Gasteiger charge is 2.20. The summed E-state index contributed by atoms with van der Waals surface area (Å²) >= 11 is 0. The van der Waals surface area contributed by atoms with E-state index >= 15 is 0 Å². The Morgan fingerprint density at radius 1 is 1.41 bits per heavy atom. The minimum Gasteiger partial charge on any atom is -0.380 e. The molecule has 1 aliphatic rings. The van der Waals surface area contributed by atoms with Crippen LogP contribution in [0.4, 0.5) is 4.39 Å². The van der Waals surface area contributed by atoms with Gasteiger partial charge in [0, 0.05) is 38.3 Å². The fraction of sp³-hybridized carbons (Fsp3) is 0.579. The molecule has 27 heavy (non-hydrogen) atoms. The van der Waals surface area contributed by atoms with Crippen LogP contribution in [0.15, 0.2) is 23.2 Å². The van der Waals surface area contributed by atoms with Crippen molar-refractivity contribution in [3.05, 3.63) is 35.1 Å². The van der Waals surface area contributed by atoms with Crippen LogP contribution in [0.3, 0.4) is 0 Å². The zero-order valence-corrected chi connectivity index (χ0v) is 16.1. The van der Waals surface area contributed by atoms with Gasteiger partial charge in [0.05, 0.1) is 19.7 Å². The van der Waals surface area contributed by atoms with Gasteiger partial charge in [0.15, 0.2) is 5.96 Å². The van der Waals surface area contributed by atoms with Crippen molar-refractivity contribution >= 4 is 11.9 Å². The highest BCUT2D eigenvalue weighted by molar-refractivity contribution is 5.80. The third-order valence-electron chi connectivity index (χ3n) is 4.48. The topological polar surface area (TPSA) is 92.0 Å². The third-order valence-corrected chi connectivity index (χ3v) is 4.48. The van der Waals surface area contributed by atoms with Gasteiger partial charge in [-0.15, -0.1) is 0 Å². The Morgan fingerprint density at radius 3 is 2.78 bits per heavy atom. The molecule has 0 aliphatic carbocycles. The van der Waals surface area contributed by atoms with Crippen LogP contribution in [0.2, 0.25) is 0 Å². The number of hydrogen-bond donors (Lipinski definition) is 3. The molecule has 2 rings (SSSR count). The molecule has 0 radical (unpaired) electrons. The number of carbonyl (C=O) groups excluding carboxylic acids is 1. The van der Waals surface area contributed by atoms with Crippen LogP contribution in [0.5, 0.6) is 0 Å². The van der Waals surface area contributed by atoms with Crippen LogP contribution < -0.4 is 16.4 Å². The number of ether oxygens (including phenoxy) is 1. The van der Waals surface area contributed by atoms with Crippen LogP contribution in [-0.4, -0.2) is 56.1 Å². The number of likely N-dealkylation sites (tertiary alicyclic amines) is 1. The number of carbonyl (C=O) groups is 1. The SMILES string of the molecule is CCNC(=NCc1ccc(F)c(COC)c1)NC1CCN(CC(N)=O)CC1. The molecule has 0 saturated carbocycles. The van der Waals surface area contributed by atoms with E-state index in [1.165, 1.54) is 6.07 Å². The summed E-state index contributed by atoms with van der Waals surface area (Å²) in [5.41, 5.74) is 6.72. The molecule has 1 fully saturated rings. The monoisotopic (exact) mass is 379 g/mol. The van der Waals surface area contributed by atoms with E-state index in [1.54, 1.807) is 19.2 Å². The lowest BCUT2D eigenvalue weighted by Crippen LogP contribution is -2.49. The molecule has 4 N–H and O–H groups in total. The van der Waals surface area contributed by atoms with Gasteiger partial charge >= 0.3 is 0 Å². The van der Waals surface area contributed by atoms with Crippen LogP contribution >= 0.6 is 0 Å².